The zero-order valence-corrected chi connectivity index (χ0v) is 11.6. The number of nitrogens with one attached hydrogen (secondary N) is 1. The molecule has 0 saturated heterocycles. The first-order chi connectivity index (χ1) is 9.36. The number of hydrogen-bond acceptors (Lipinski definition) is 3. The topological polar surface area (TPSA) is 75.6 Å². The van der Waals surface area contributed by atoms with Crippen molar-refractivity contribution in [1.82, 2.24) is 5.32 Å². The van der Waals surface area contributed by atoms with Crippen molar-refractivity contribution in [3.05, 3.63) is 29.6 Å². The first-order valence-corrected chi connectivity index (χ1v) is 6.23. The highest BCUT2D eigenvalue weighted by molar-refractivity contribution is 5.99. The summed E-state index contributed by atoms with van der Waals surface area (Å²) in [5.74, 6) is -2.55. The van der Waals surface area contributed by atoms with E-state index in [0.29, 0.717) is 0 Å². The van der Waals surface area contributed by atoms with E-state index in [0.717, 1.165) is 6.07 Å². The maximum atomic E-state index is 13.7. The van der Waals surface area contributed by atoms with Gasteiger partial charge in [0, 0.05) is 0 Å². The molecular weight excluding hydrogens is 265 g/mol. The molecule has 6 heteroatoms. The van der Waals surface area contributed by atoms with Crippen molar-refractivity contribution < 1.29 is 23.8 Å². The number of ether oxygens (including phenoxy) is 1. The standard InChI is InChI=1S/C14H18FNO4/c1-8(2)7-10(14(18)19)16-13(17)12-9(15)5-4-6-11(12)20-3/h4-6,8,10H,7H2,1-3H3,(H,16,17)(H,18,19). The molecule has 110 valence electrons. The molecular formula is C14H18FNO4. The van der Waals surface area contributed by atoms with Crippen LogP contribution in [0.15, 0.2) is 18.2 Å². The molecule has 2 N–H and O–H groups in total. The van der Waals surface area contributed by atoms with E-state index in [1.54, 1.807) is 0 Å². The summed E-state index contributed by atoms with van der Waals surface area (Å²) in [5, 5.41) is 11.4. The summed E-state index contributed by atoms with van der Waals surface area (Å²) in [7, 11) is 1.31. The SMILES string of the molecule is COc1cccc(F)c1C(=O)NC(CC(C)C)C(=O)O. The van der Waals surface area contributed by atoms with Gasteiger partial charge in [0.25, 0.3) is 5.91 Å². The lowest BCUT2D eigenvalue weighted by Crippen LogP contribution is -2.42. The second-order valence-electron chi connectivity index (χ2n) is 4.81. The zero-order chi connectivity index (χ0) is 15.3. The van der Waals surface area contributed by atoms with Crippen LogP contribution >= 0.6 is 0 Å². The molecule has 0 aliphatic carbocycles. The third kappa shape index (κ3) is 3.94. The Labute approximate surface area is 116 Å². The Kier molecular flexibility index (Phi) is 5.49. The van der Waals surface area contributed by atoms with Gasteiger partial charge in [-0.05, 0) is 24.5 Å². The van der Waals surface area contributed by atoms with Crippen molar-refractivity contribution in [3.63, 3.8) is 0 Å². The zero-order valence-electron chi connectivity index (χ0n) is 11.6. The Balaban J connectivity index is 2.97. The van der Waals surface area contributed by atoms with E-state index in [1.165, 1.54) is 19.2 Å². The van der Waals surface area contributed by atoms with E-state index in [-0.39, 0.29) is 23.7 Å². The van der Waals surface area contributed by atoms with Gasteiger partial charge in [-0.25, -0.2) is 9.18 Å². The Morgan fingerprint density at radius 2 is 2.05 bits per heavy atom. The molecule has 0 bridgehead atoms. The molecule has 1 aromatic rings. The van der Waals surface area contributed by atoms with Crippen LogP contribution in [0.3, 0.4) is 0 Å². The van der Waals surface area contributed by atoms with Crippen LogP contribution in [-0.2, 0) is 4.79 Å². The monoisotopic (exact) mass is 283 g/mol. The molecule has 1 amide bonds. The Morgan fingerprint density at radius 3 is 2.55 bits per heavy atom. The van der Waals surface area contributed by atoms with Gasteiger partial charge in [-0.3, -0.25) is 4.79 Å². The molecule has 0 aliphatic rings. The van der Waals surface area contributed by atoms with Crippen LogP contribution in [0.25, 0.3) is 0 Å². The van der Waals surface area contributed by atoms with Crippen molar-refractivity contribution in [3.8, 4) is 5.75 Å². The molecule has 0 heterocycles. The number of carboxylic acid groups (broad SMARTS) is 1. The fraction of sp³-hybridized carbons (Fsp3) is 0.429. The highest BCUT2D eigenvalue weighted by Gasteiger charge is 2.25. The highest BCUT2D eigenvalue weighted by atomic mass is 19.1. The third-order valence-electron chi connectivity index (χ3n) is 2.73. The normalized spacial score (nSPS) is 12.1. The van der Waals surface area contributed by atoms with Gasteiger partial charge in [0.2, 0.25) is 0 Å². The molecule has 1 rings (SSSR count). The summed E-state index contributed by atoms with van der Waals surface area (Å²) in [6.07, 6.45) is 0.262. The molecule has 1 aromatic carbocycles. The number of rotatable bonds is 6. The van der Waals surface area contributed by atoms with Gasteiger partial charge in [-0.1, -0.05) is 19.9 Å². The van der Waals surface area contributed by atoms with Gasteiger partial charge in [0.15, 0.2) is 0 Å². The molecule has 0 saturated carbocycles. The highest BCUT2D eigenvalue weighted by Crippen LogP contribution is 2.21. The van der Waals surface area contributed by atoms with Crippen molar-refractivity contribution in [2.24, 2.45) is 5.92 Å². The number of amides is 1. The lowest BCUT2D eigenvalue weighted by Gasteiger charge is -2.17. The number of carbonyl (C=O) groups excluding carboxylic acids is 1. The van der Waals surface area contributed by atoms with Crippen molar-refractivity contribution >= 4 is 11.9 Å². The van der Waals surface area contributed by atoms with E-state index in [4.69, 9.17) is 9.84 Å². The summed E-state index contributed by atoms with van der Waals surface area (Å²) in [5.41, 5.74) is -0.287. The predicted octanol–water partition coefficient (Wildman–Crippen LogP) is 2.06. The largest absolute Gasteiger partial charge is 0.496 e. The average Bonchev–Trinajstić information content (AvgIpc) is 2.36. The Hall–Kier alpha value is -2.11. The lowest BCUT2D eigenvalue weighted by atomic mass is 10.0. The summed E-state index contributed by atoms with van der Waals surface area (Å²) in [6.45, 7) is 3.68. The molecule has 1 atom stereocenters. The third-order valence-corrected chi connectivity index (χ3v) is 2.73. The maximum Gasteiger partial charge on any atom is 0.326 e. The maximum absolute atomic E-state index is 13.7. The fourth-order valence-electron chi connectivity index (χ4n) is 1.82. The first kappa shape index (κ1) is 15.9. The van der Waals surface area contributed by atoms with Gasteiger partial charge >= 0.3 is 5.97 Å². The molecule has 0 fully saturated rings. The van der Waals surface area contributed by atoms with Crippen molar-refractivity contribution in [1.29, 1.82) is 0 Å². The van der Waals surface area contributed by atoms with E-state index >= 15 is 0 Å². The summed E-state index contributed by atoms with van der Waals surface area (Å²) in [6, 6.07) is 2.91. The van der Waals surface area contributed by atoms with E-state index in [9.17, 15) is 14.0 Å². The molecule has 0 radical (unpaired) electrons. The van der Waals surface area contributed by atoms with E-state index in [1.807, 2.05) is 13.8 Å². The number of carbonyl (C=O) groups is 2. The van der Waals surface area contributed by atoms with Gasteiger partial charge in [0.1, 0.15) is 23.2 Å². The molecule has 0 aliphatic heterocycles. The lowest BCUT2D eigenvalue weighted by molar-refractivity contribution is -0.139. The second-order valence-corrected chi connectivity index (χ2v) is 4.81. The number of methoxy groups -OCH3 is 1. The van der Waals surface area contributed by atoms with Crippen molar-refractivity contribution in [2.45, 2.75) is 26.3 Å². The van der Waals surface area contributed by atoms with Crippen LogP contribution in [-0.4, -0.2) is 30.1 Å². The average molecular weight is 283 g/mol. The first-order valence-electron chi connectivity index (χ1n) is 6.23. The minimum Gasteiger partial charge on any atom is -0.496 e. The minimum absolute atomic E-state index is 0.0659. The van der Waals surface area contributed by atoms with E-state index in [2.05, 4.69) is 5.32 Å². The Bertz CT molecular complexity index is 502. The smallest absolute Gasteiger partial charge is 0.326 e. The predicted molar refractivity (Wildman–Crippen MR) is 71.3 cm³/mol. The van der Waals surface area contributed by atoms with E-state index < -0.39 is 23.7 Å². The summed E-state index contributed by atoms with van der Waals surface area (Å²) >= 11 is 0. The number of benzene rings is 1. The van der Waals surface area contributed by atoms with Crippen LogP contribution in [0.1, 0.15) is 30.6 Å². The second kappa shape index (κ2) is 6.88. The summed E-state index contributed by atoms with van der Waals surface area (Å²) < 4.78 is 18.6. The molecule has 5 nitrogen and oxygen atoms in total. The van der Waals surface area contributed by atoms with Gasteiger partial charge in [-0.2, -0.15) is 0 Å². The quantitative estimate of drug-likeness (QED) is 0.838. The van der Waals surface area contributed by atoms with Crippen LogP contribution in [0.5, 0.6) is 5.75 Å². The molecule has 0 aromatic heterocycles. The number of halogens is 1. The molecule has 20 heavy (non-hydrogen) atoms. The molecule has 0 spiro atoms. The van der Waals surface area contributed by atoms with Gasteiger partial charge in [-0.15, -0.1) is 0 Å². The number of hydrogen-bond donors (Lipinski definition) is 2. The van der Waals surface area contributed by atoms with Crippen LogP contribution in [0.2, 0.25) is 0 Å². The van der Waals surface area contributed by atoms with Crippen molar-refractivity contribution in [2.75, 3.05) is 7.11 Å². The summed E-state index contributed by atoms with van der Waals surface area (Å²) in [4.78, 5) is 23.1. The van der Waals surface area contributed by atoms with Crippen LogP contribution in [0, 0.1) is 11.7 Å². The Morgan fingerprint density at radius 1 is 1.40 bits per heavy atom. The van der Waals surface area contributed by atoms with Gasteiger partial charge in [0.05, 0.1) is 7.11 Å². The number of aliphatic carboxylic acids is 1. The van der Waals surface area contributed by atoms with Crippen LogP contribution < -0.4 is 10.1 Å². The number of carboxylic acids is 1. The molecule has 1 unspecified atom stereocenters. The minimum atomic E-state index is -1.15. The fourth-order valence-corrected chi connectivity index (χ4v) is 1.82. The van der Waals surface area contributed by atoms with Gasteiger partial charge < -0.3 is 15.2 Å². The van der Waals surface area contributed by atoms with Crippen LogP contribution in [0.4, 0.5) is 4.39 Å².